The molecule has 0 aromatic rings. The normalized spacial score (nSPS) is 11.9. The number of rotatable bonds is 10. The Morgan fingerprint density at radius 3 is 2.00 bits per heavy atom. The van der Waals surface area contributed by atoms with Crippen LogP contribution < -0.4 is 0 Å². The molecule has 0 aliphatic rings. The maximum absolute atomic E-state index is 11.2. The van der Waals surface area contributed by atoms with Crippen LogP contribution in [0.4, 0.5) is 0 Å². The first-order valence-electron chi connectivity index (χ1n) is 6.59. The molecular weight excluding hydrogens is 236 g/mol. The van der Waals surface area contributed by atoms with Crippen molar-refractivity contribution in [3.05, 3.63) is 0 Å². The second kappa shape index (κ2) is 11.0. The van der Waals surface area contributed by atoms with E-state index < -0.39 is 6.10 Å². The van der Waals surface area contributed by atoms with Crippen molar-refractivity contribution >= 4 is 11.9 Å². The summed E-state index contributed by atoms with van der Waals surface area (Å²) < 4.78 is 9.66. The van der Waals surface area contributed by atoms with Crippen molar-refractivity contribution in [2.45, 2.75) is 58.5 Å². The standard InChI is InChI=1S/C13H24O5/c1-3-5-6-8-13(16)18-10-11(14)9-17-12(15)7-4-2/h11,14H,3-10H2,1-2H3. The number of esters is 2. The van der Waals surface area contributed by atoms with Gasteiger partial charge in [0.15, 0.2) is 0 Å². The van der Waals surface area contributed by atoms with Crippen LogP contribution >= 0.6 is 0 Å². The van der Waals surface area contributed by atoms with Gasteiger partial charge in [-0.15, -0.1) is 0 Å². The smallest absolute Gasteiger partial charge is 0.305 e. The molecule has 0 radical (unpaired) electrons. The SMILES string of the molecule is CCCCCC(=O)OCC(O)COC(=O)CCC. The van der Waals surface area contributed by atoms with Gasteiger partial charge in [0.1, 0.15) is 19.3 Å². The molecule has 1 unspecified atom stereocenters. The summed E-state index contributed by atoms with van der Waals surface area (Å²) in [6.45, 7) is 3.68. The number of aliphatic hydroxyl groups excluding tert-OH is 1. The van der Waals surface area contributed by atoms with Crippen molar-refractivity contribution in [3.63, 3.8) is 0 Å². The first-order valence-corrected chi connectivity index (χ1v) is 6.59. The van der Waals surface area contributed by atoms with Gasteiger partial charge in [-0.2, -0.15) is 0 Å². The second-order valence-electron chi connectivity index (χ2n) is 4.23. The van der Waals surface area contributed by atoms with Crippen molar-refractivity contribution in [1.29, 1.82) is 0 Å². The number of carbonyl (C=O) groups excluding carboxylic acids is 2. The average molecular weight is 260 g/mol. The predicted molar refractivity (Wildman–Crippen MR) is 67.0 cm³/mol. The van der Waals surface area contributed by atoms with Crippen molar-refractivity contribution in [2.24, 2.45) is 0 Å². The van der Waals surface area contributed by atoms with Crippen molar-refractivity contribution < 1.29 is 24.2 Å². The number of hydrogen-bond donors (Lipinski definition) is 1. The summed E-state index contributed by atoms with van der Waals surface area (Å²) in [7, 11) is 0. The topological polar surface area (TPSA) is 72.8 Å². The Hall–Kier alpha value is -1.10. The zero-order valence-corrected chi connectivity index (χ0v) is 11.3. The Kier molecular flexibility index (Phi) is 10.3. The Bertz CT molecular complexity index is 240. The molecule has 5 nitrogen and oxygen atoms in total. The molecule has 0 aromatic carbocycles. The van der Waals surface area contributed by atoms with Gasteiger partial charge >= 0.3 is 11.9 Å². The van der Waals surface area contributed by atoms with Gasteiger partial charge in [0, 0.05) is 12.8 Å². The second-order valence-corrected chi connectivity index (χ2v) is 4.23. The van der Waals surface area contributed by atoms with E-state index in [1.807, 2.05) is 6.92 Å². The van der Waals surface area contributed by atoms with Crippen LogP contribution in [0.15, 0.2) is 0 Å². The largest absolute Gasteiger partial charge is 0.463 e. The lowest BCUT2D eigenvalue weighted by Gasteiger charge is -2.11. The van der Waals surface area contributed by atoms with E-state index in [1.165, 1.54) is 0 Å². The fourth-order valence-electron chi connectivity index (χ4n) is 1.29. The zero-order valence-electron chi connectivity index (χ0n) is 11.3. The third kappa shape index (κ3) is 10.1. The molecule has 0 fully saturated rings. The van der Waals surface area contributed by atoms with E-state index in [-0.39, 0.29) is 25.2 Å². The van der Waals surface area contributed by atoms with Gasteiger partial charge in [-0.05, 0) is 12.8 Å². The lowest BCUT2D eigenvalue weighted by molar-refractivity contribution is -0.152. The molecule has 5 heteroatoms. The summed E-state index contributed by atoms with van der Waals surface area (Å²) in [5, 5.41) is 9.43. The van der Waals surface area contributed by atoms with Crippen LogP contribution in [0.5, 0.6) is 0 Å². The summed E-state index contributed by atoms with van der Waals surface area (Å²) in [4.78, 5) is 22.2. The third-order valence-corrected chi connectivity index (χ3v) is 2.31. The van der Waals surface area contributed by atoms with Gasteiger partial charge in [0.05, 0.1) is 0 Å². The van der Waals surface area contributed by atoms with E-state index in [4.69, 9.17) is 9.47 Å². The molecule has 0 heterocycles. The molecule has 0 aliphatic carbocycles. The summed E-state index contributed by atoms with van der Waals surface area (Å²) in [5.41, 5.74) is 0. The minimum absolute atomic E-state index is 0.121. The van der Waals surface area contributed by atoms with E-state index >= 15 is 0 Å². The predicted octanol–water partition coefficient (Wildman–Crippen LogP) is 1.81. The third-order valence-electron chi connectivity index (χ3n) is 2.31. The first kappa shape index (κ1) is 16.9. The monoisotopic (exact) mass is 260 g/mol. The molecule has 0 saturated heterocycles. The van der Waals surface area contributed by atoms with E-state index in [1.54, 1.807) is 0 Å². The molecule has 1 atom stereocenters. The molecule has 18 heavy (non-hydrogen) atoms. The number of ether oxygens (including phenoxy) is 2. The Labute approximate surface area is 108 Å². The maximum atomic E-state index is 11.2. The quantitative estimate of drug-likeness (QED) is 0.479. The van der Waals surface area contributed by atoms with Crippen LogP contribution in [0.25, 0.3) is 0 Å². The van der Waals surface area contributed by atoms with E-state index in [0.29, 0.717) is 19.3 Å². The van der Waals surface area contributed by atoms with Crippen LogP contribution in [0.2, 0.25) is 0 Å². The van der Waals surface area contributed by atoms with Crippen molar-refractivity contribution in [3.8, 4) is 0 Å². The minimum Gasteiger partial charge on any atom is -0.463 e. The van der Waals surface area contributed by atoms with Gasteiger partial charge in [-0.1, -0.05) is 26.7 Å². The highest BCUT2D eigenvalue weighted by Gasteiger charge is 2.11. The first-order chi connectivity index (χ1) is 8.60. The van der Waals surface area contributed by atoms with Gasteiger partial charge in [0.25, 0.3) is 0 Å². The Balaban J connectivity index is 3.54. The highest BCUT2D eigenvalue weighted by Crippen LogP contribution is 2.01. The van der Waals surface area contributed by atoms with Crippen LogP contribution in [-0.4, -0.2) is 36.4 Å². The highest BCUT2D eigenvalue weighted by atomic mass is 16.6. The molecule has 0 aliphatic heterocycles. The fourth-order valence-corrected chi connectivity index (χ4v) is 1.29. The van der Waals surface area contributed by atoms with Crippen molar-refractivity contribution in [1.82, 2.24) is 0 Å². The van der Waals surface area contributed by atoms with Crippen LogP contribution in [0.1, 0.15) is 52.4 Å². The Morgan fingerprint density at radius 1 is 0.944 bits per heavy atom. The maximum Gasteiger partial charge on any atom is 0.305 e. The lowest BCUT2D eigenvalue weighted by Crippen LogP contribution is -2.25. The molecule has 0 amide bonds. The van der Waals surface area contributed by atoms with Crippen LogP contribution in [0.3, 0.4) is 0 Å². The summed E-state index contributed by atoms with van der Waals surface area (Å²) in [6.07, 6.45) is 3.31. The molecule has 0 rings (SSSR count). The number of hydrogen-bond acceptors (Lipinski definition) is 5. The number of unbranched alkanes of at least 4 members (excludes halogenated alkanes) is 2. The lowest BCUT2D eigenvalue weighted by atomic mass is 10.2. The zero-order chi connectivity index (χ0) is 13.8. The average Bonchev–Trinajstić information content (AvgIpc) is 2.34. The summed E-state index contributed by atoms with van der Waals surface area (Å²) in [6, 6.07) is 0. The van der Waals surface area contributed by atoms with E-state index in [2.05, 4.69) is 6.92 Å². The molecule has 0 aromatic heterocycles. The van der Waals surface area contributed by atoms with Crippen LogP contribution in [-0.2, 0) is 19.1 Å². The Morgan fingerprint density at radius 2 is 1.50 bits per heavy atom. The number of aliphatic hydroxyl groups is 1. The van der Waals surface area contributed by atoms with Gasteiger partial charge in [-0.25, -0.2) is 0 Å². The van der Waals surface area contributed by atoms with Crippen LogP contribution in [0, 0.1) is 0 Å². The molecular formula is C13H24O5. The molecule has 0 saturated carbocycles. The summed E-state index contributed by atoms with van der Waals surface area (Å²) in [5.74, 6) is -0.659. The van der Waals surface area contributed by atoms with Gasteiger partial charge < -0.3 is 14.6 Å². The summed E-state index contributed by atoms with van der Waals surface area (Å²) >= 11 is 0. The van der Waals surface area contributed by atoms with E-state index in [0.717, 1.165) is 19.3 Å². The molecule has 1 N–H and O–H groups in total. The molecule has 0 spiro atoms. The number of carbonyl (C=O) groups is 2. The van der Waals surface area contributed by atoms with Gasteiger partial charge in [0.2, 0.25) is 0 Å². The molecule has 0 bridgehead atoms. The van der Waals surface area contributed by atoms with Crippen molar-refractivity contribution in [2.75, 3.05) is 13.2 Å². The van der Waals surface area contributed by atoms with E-state index in [9.17, 15) is 14.7 Å². The molecule has 106 valence electrons. The minimum atomic E-state index is -0.944. The fraction of sp³-hybridized carbons (Fsp3) is 0.846. The highest BCUT2D eigenvalue weighted by molar-refractivity contribution is 5.69. The van der Waals surface area contributed by atoms with Gasteiger partial charge in [-0.3, -0.25) is 9.59 Å².